The van der Waals surface area contributed by atoms with Gasteiger partial charge < -0.3 is 16.6 Å². The van der Waals surface area contributed by atoms with E-state index in [1.54, 1.807) is 0 Å². The number of carboxylic acid groups (broad SMARTS) is 1. The first-order valence-corrected chi connectivity index (χ1v) is 4.10. The van der Waals surface area contributed by atoms with Crippen LogP contribution >= 0.6 is 0 Å². The minimum Gasteiger partial charge on any atom is -0.481 e. The van der Waals surface area contributed by atoms with E-state index in [9.17, 15) is 4.79 Å². The Hall–Kier alpha value is -0.610. The van der Waals surface area contributed by atoms with Crippen LogP contribution in [0.4, 0.5) is 0 Å². The van der Waals surface area contributed by atoms with Gasteiger partial charge in [0, 0.05) is 12.1 Å². The van der Waals surface area contributed by atoms with Crippen LogP contribution in [0.15, 0.2) is 0 Å². The van der Waals surface area contributed by atoms with E-state index >= 15 is 0 Å². The van der Waals surface area contributed by atoms with Crippen molar-refractivity contribution < 1.29 is 9.90 Å². The van der Waals surface area contributed by atoms with Crippen LogP contribution in [0.25, 0.3) is 0 Å². The second-order valence-electron chi connectivity index (χ2n) is 3.73. The molecule has 0 unspecified atom stereocenters. The Morgan fingerprint density at radius 2 is 2.08 bits per heavy atom. The molecule has 0 aromatic rings. The van der Waals surface area contributed by atoms with Crippen LogP contribution in [0.2, 0.25) is 0 Å². The van der Waals surface area contributed by atoms with E-state index in [0.29, 0.717) is 12.3 Å². The fraction of sp³-hybridized carbons (Fsp3) is 0.875. The molecule has 0 aromatic heterocycles. The standard InChI is InChI=1S/C8H18N2O2/c1-6(2)3-8(10,5-9)4-7(11)12/h6H,3-5,9-10H2,1-2H3,(H,11,12)/t8-/m1/s1. The van der Waals surface area contributed by atoms with Crippen LogP contribution in [0.1, 0.15) is 26.7 Å². The zero-order chi connectivity index (χ0) is 9.78. The van der Waals surface area contributed by atoms with Crippen LogP contribution in [-0.4, -0.2) is 23.2 Å². The fourth-order valence-corrected chi connectivity index (χ4v) is 1.34. The second-order valence-corrected chi connectivity index (χ2v) is 3.73. The molecule has 0 aliphatic carbocycles. The summed E-state index contributed by atoms with van der Waals surface area (Å²) in [6.07, 6.45) is 0.595. The summed E-state index contributed by atoms with van der Waals surface area (Å²) in [5.41, 5.74) is 10.5. The topological polar surface area (TPSA) is 89.3 Å². The maximum Gasteiger partial charge on any atom is 0.305 e. The Balaban J connectivity index is 4.13. The molecule has 0 saturated heterocycles. The number of hydrogen-bond acceptors (Lipinski definition) is 3. The quantitative estimate of drug-likeness (QED) is 0.554. The maximum absolute atomic E-state index is 10.4. The first-order valence-electron chi connectivity index (χ1n) is 4.10. The number of rotatable bonds is 5. The molecular formula is C8H18N2O2. The Labute approximate surface area is 72.9 Å². The molecular weight excluding hydrogens is 156 g/mol. The third-order valence-corrected chi connectivity index (χ3v) is 1.72. The summed E-state index contributed by atoms with van der Waals surface area (Å²) in [5, 5.41) is 8.56. The highest BCUT2D eigenvalue weighted by atomic mass is 16.4. The van der Waals surface area contributed by atoms with E-state index < -0.39 is 11.5 Å². The maximum atomic E-state index is 10.4. The van der Waals surface area contributed by atoms with Gasteiger partial charge in [0.2, 0.25) is 0 Å². The van der Waals surface area contributed by atoms with Crippen molar-refractivity contribution in [1.82, 2.24) is 0 Å². The van der Waals surface area contributed by atoms with Crippen LogP contribution in [0.3, 0.4) is 0 Å². The zero-order valence-corrected chi connectivity index (χ0v) is 7.71. The summed E-state index contributed by atoms with van der Waals surface area (Å²) >= 11 is 0. The normalized spacial score (nSPS) is 16.1. The molecule has 4 heteroatoms. The van der Waals surface area contributed by atoms with Gasteiger partial charge in [-0.05, 0) is 12.3 Å². The Kier molecular flexibility index (Phi) is 4.20. The van der Waals surface area contributed by atoms with Gasteiger partial charge in [0.1, 0.15) is 0 Å². The predicted molar refractivity (Wildman–Crippen MR) is 47.7 cm³/mol. The van der Waals surface area contributed by atoms with Gasteiger partial charge in [0.15, 0.2) is 0 Å². The lowest BCUT2D eigenvalue weighted by Crippen LogP contribution is -2.49. The van der Waals surface area contributed by atoms with Crippen molar-refractivity contribution in [2.45, 2.75) is 32.2 Å². The first-order chi connectivity index (χ1) is 5.39. The molecule has 0 radical (unpaired) electrons. The molecule has 72 valence electrons. The summed E-state index contributed by atoms with van der Waals surface area (Å²) in [4.78, 5) is 10.4. The lowest BCUT2D eigenvalue weighted by Gasteiger charge is -2.27. The average molecular weight is 174 g/mol. The van der Waals surface area contributed by atoms with E-state index in [1.165, 1.54) is 0 Å². The van der Waals surface area contributed by atoms with Crippen LogP contribution in [-0.2, 0) is 4.79 Å². The molecule has 0 saturated carbocycles. The monoisotopic (exact) mass is 174 g/mol. The highest BCUT2D eigenvalue weighted by Crippen LogP contribution is 2.16. The highest BCUT2D eigenvalue weighted by Gasteiger charge is 2.27. The molecule has 0 fully saturated rings. The molecule has 5 N–H and O–H groups in total. The third kappa shape index (κ3) is 4.31. The SMILES string of the molecule is CC(C)C[C@](N)(CN)CC(=O)O. The number of carboxylic acids is 1. The van der Waals surface area contributed by atoms with Crippen molar-refractivity contribution in [2.24, 2.45) is 17.4 Å². The van der Waals surface area contributed by atoms with Gasteiger partial charge in [-0.3, -0.25) is 4.79 Å². The van der Waals surface area contributed by atoms with E-state index in [4.69, 9.17) is 16.6 Å². The molecule has 1 atom stereocenters. The molecule has 0 aliphatic rings. The van der Waals surface area contributed by atoms with Crippen molar-refractivity contribution in [1.29, 1.82) is 0 Å². The van der Waals surface area contributed by atoms with Gasteiger partial charge in [0.25, 0.3) is 0 Å². The first kappa shape index (κ1) is 11.4. The lowest BCUT2D eigenvalue weighted by molar-refractivity contribution is -0.138. The Morgan fingerprint density at radius 1 is 1.58 bits per heavy atom. The number of hydrogen-bond donors (Lipinski definition) is 3. The molecule has 0 heterocycles. The Bertz CT molecular complexity index is 159. The summed E-state index contributed by atoms with van der Waals surface area (Å²) in [5.74, 6) is -0.512. The van der Waals surface area contributed by atoms with E-state index in [2.05, 4.69) is 0 Å². The largest absolute Gasteiger partial charge is 0.481 e. The van der Waals surface area contributed by atoms with E-state index in [-0.39, 0.29) is 13.0 Å². The van der Waals surface area contributed by atoms with Gasteiger partial charge in [-0.25, -0.2) is 0 Å². The summed E-state index contributed by atoms with van der Waals surface area (Å²) < 4.78 is 0. The zero-order valence-electron chi connectivity index (χ0n) is 7.71. The van der Waals surface area contributed by atoms with Gasteiger partial charge in [0.05, 0.1) is 6.42 Å². The van der Waals surface area contributed by atoms with Crippen molar-refractivity contribution in [3.8, 4) is 0 Å². The number of carbonyl (C=O) groups is 1. The van der Waals surface area contributed by atoms with Gasteiger partial charge in [-0.15, -0.1) is 0 Å². The molecule has 4 nitrogen and oxygen atoms in total. The molecule has 0 aromatic carbocycles. The van der Waals surface area contributed by atoms with Gasteiger partial charge >= 0.3 is 5.97 Å². The van der Waals surface area contributed by atoms with Crippen LogP contribution in [0, 0.1) is 5.92 Å². The molecule has 0 aliphatic heterocycles. The molecule has 0 spiro atoms. The van der Waals surface area contributed by atoms with Crippen molar-refractivity contribution in [3.63, 3.8) is 0 Å². The summed E-state index contributed by atoms with van der Waals surface area (Å²) in [7, 11) is 0. The molecule has 0 amide bonds. The lowest BCUT2D eigenvalue weighted by atomic mass is 9.87. The fourth-order valence-electron chi connectivity index (χ4n) is 1.34. The average Bonchev–Trinajstić information content (AvgIpc) is 1.83. The van der Waals surface area contributed by atoms with Gasteiger partial charge in [-0.2, -0.15) is 0 Å². The second kappa shape index (κ2) is 4.42. The molecule has 12 heavy (non-hydrogen) atoms. The van der Waals surface area contributed by atoms with Gasteiger partial charge in [-0.1, -0.05) is 13.8 Å². The minimum atomic E-state index is -0.886. The van der Waals surface area contributed by atoms with Crippen molar-refractivity contribution in [3.05, 3.63) is 0 Å². The minimum absolute atomic E-state index is 0.0539. The number of nitrogens with two attached hydrogens (primary N) is 2. The van der Waals surface area contributed by atoms with E-state index in [1.807, 2.05) is 13.8 Å². The van der Waals surface area contributed by atoms with Crippen molar-refractivity contribution in [2.75, 3.05) is 6.54 Å². The predicted octanol–water partition coefficient (Wildman–Crippen LogP) is 0.163. The van der Waals surface area contributed by atoms with Crippen molar-refractivity contribution >= 4 is 5.97 Å². The van der Waals surface area contributed by atoms with Crippen LogP contribution < -0.4 is 11.5 Å². The van der Waals surface area contributed by atoms with E-state index in [0.717, 1.165) is 0 Å². The number of aliphatic carboxylic acids is 1. The molecule has 0 bridgehead atoms. The smallest absolute Gasteiger partial charge is 0.305 e. The van der Waals surface area contributed by atoms with Crippen LogP contribution in [0.5, 0.6) is 0 Å². The third-order valence-electron chi connectivity index (χ3n) is 1.72. The molecule has 0 rings (SSSR count). The summed E-state index contributed by atoms with van der Waals surface area (Å²) in [6.45, 7) is 4.22. The highest BCUT2D eigenvalue weighted by molar-refractivity contribution is 5.68. The summed E-state index contributed by atoms with van der Waals surface area (Å²) in [6, 6.07) is 0. The Morgan fingerprint density at radius 3 is 2.33 bits per heavy atom.